The first-order chi connectivity index (χ1) is 14.5. The fourth-order valence-corrected chi connectivity index (χ4v) is 2.39. The Morgan fingerprint density at radius 3 is 2.20 bits per heavy atom. The van der Waals surface area contributed by atoms with Crippen LogP contribution in [-0.4, -0.2) is 44.3 Å². The summed E-state index contributed by atoms with van der Waals surface area (Å²) < 4.78 is 14.9. The fourth-order valence-electron chi connectivity index (χ4n) is 2.27. The molecule has 0 bridgehead atoms. The van der Waals surface area contributed by atoms with Crippen molar-refractivity contribution < 1.29 is 28.6 Å². The number of benzene rings is 2. The van der Waals surface area contributed by atoms with Crippen LogP contribution in [0, 0.1) is 0 Å². The van der Waals surface area contributed by atoms with E-state index in [2.05, 4.69) is 15.4 Å². The molecule has 0 aliphatic carbocycles. The van der Waals surface area contributed by atoms with Gasteiger partial charge in [0.05, 0.1) is 6.61 Å². The predicted octanol–water partition coefficient (Wildman–Crippen LogP) is 3.19. The van der Waals surface area contributed by atoms with E-state index in [4.69, 9.17) is 21.1 Å². The van der Waals surface area contributed by atoms with Crippen molar-refractivity contribution >= 4 is 29.6 Å². The molecule has 0 aliphatic heterocycles. The summed E-state index contributed by atoms with van der Waals surface area (Å²) in [6.45, 7) is 2.58. The Morgan fingerprint density at radius 1 is 0.900 bits per heavy atom. The molecule has 0 heterocycles. The Kier molecular flexibility index (Phi) is 9.47. The average molecular weight is 435 g/mol. The number of carbonyl (C=O) groups is 3. The molecule has 2 rings (SSSR count). The minimum absolute atomic E-state index is 0.103. The largest absolute Gasteiger partial charge is 0.513 e. The van der Waals surface area contributed by atoms with E-state index >= 15 is 0 Å². The molecule has 8 nitrogen and oxygen atoms in total. The van der Waals surface area contributed by atoms with Gasteiger partial charge in [0.1, 0.15) is 11.5 Å². The van der Waals surface area contributed by atoms with E-state index in [0.717, 1.165) is 0 Å². The Labute approximate surface area is 179 Å². The highest BCUT2D eigenvalue weighted by molar-refractivity contribution is 6.30. The van der Waals surface area contributed by atoms with Gasteiger partial charge in [0.15, 0.2) is 6.61 Å². The lowest BCUT2D eigenvalue weighted by Gasteiger charge is -2.09. The molecule has 2 aromatic carbocycles. The summed E-state index contributed by atoms with van der Waals surface area (Å²) in [4.78, 5) is 35.1. The van der Waals surface area contributed by atoms with Gasteiger partial charge in [0.25, 0.3) is 11.8 Å². The van der Waals surface area contributed by atoms with Gasteiger partial charge in [0, 0.05) is 23.7 Å². The zero-order valence-corrected chi connectivity index (χ0v) is 17.2. The second-order valence-corrected chi connectivity index (χ2v) is 6.45. The first-order valence-corrected chi connectivity index (χ1v) is 9.73. The van der Waals surface area contributed by atoms with Gasteiger partial charge >= 0.3 is 6.16 Å². The number of amides is 2. The Balaban J connectivity index is 1.60. The topological polar surface area (TPSA) is 103 Å². The number of ether oxygens (including phenoxy) is 3. The normalized spacial score (nSPS) is 10.1. The third-order valence-corrected chi connectivity index (χ3v) is 3.98. The number of hydrogen-bond acceptors (Lipinski definition) is 6. The highest BCUT2D eigenvalue weighted by atomic mass is 35.5. The number of hydrogen-bond donors (Lipinski definition) is 2. The van der Waals surface area contributed by atoms with Gasteiger partial charge in [-0.15, -0.1) is 0 Å². The fraction of sp³-hybridized carbons (Fsp3) is 0.286. The van der Waals surface area contributed by atoms with Crippen molar-refractivity contribution in [2.45, 2.75) is 13.3 Å². The lowest BCUT2D eigenvalue weighted by Crippen LogP contribution is -2.32. The molecule has 2 amide bonds. The van der Waals surface area contributed by atoms with Crippen LogP contribution in [0.5, 0.6) is 11.5 Å². The van der Waals surface area contributed by atoms with Crippen molar-refractivity contribution in [3.05, 3.63) is 59.1 Å². The van der Waals surface area contributed by atoms with Crippen molar-refractivity contribution in [3.8, 4) is 11.5 Å². The lowest BCUT2D eigenvalue weighted by atomic mass is 10.2. The van der Waals surface area contributed by atoms with Crippen molar-refractivity contribution in [2.24, 2.45) is 0 Å². The van der Waals surface area contributed by atoms with Crippen LogP contribution in [0.3, 0.4) is 0 Å². The third-order valence-electron chi connectivity index (χ3n) is 3.72. The molecule has 0 spiro atoms. The summed E-state index contributed by atoms with van der Waals surface area (Å²) >= 11 is 5.78. The van der Waals surface area contributed by atoms with Crippen molar-refractivity contribution in [1.82, 2.24) is 10.6 Å². The van der Waals surface area contributed by atoms with E-state index in [1.165, 1.54) is 12.1 Å². The summed E-state index contributed by atoms with van der Waals surface area (Å²) in [5.74, 6) is 0.317. The highest BCUT2D eigenvalue weighted by Gasteiger charge is 2.08. The monoisotopic (exact) mass is 434 g/mol. The average Bonchev–Trinajstić information content (AvgIpc) is 2.73. The molecule has 0 fully saturated rings. The first-order valence-electron chi connectivity index (χ1n) is 9.36. The molecular formula is C21H23ClN2O6. The van der Waals surface area contributed by atoms with Crippen molar-refractivity contribution in [2.75, 3.05) is 26.3 Å². The summed E-state index contributed by atoms with van der Waals surface area (Å²) in [5.41, 5.74) is 0.423. The molecule has 0 unspecified atom stereocenters. The number of halogens is 1. The molecule has 0 saturated heterocycles. The van der Waals surface area contributed by atoms with E-state index in [1.54, 1.807) is 43.3 Å². The molecule has 0 aromatic heterocycles. The summed E-state index contributed by atoms with van der Waals surface area (Å²) in [6, 6.07) is 12.8. The molecule has 0 atom stereocenters. The zero-order valence-electron chi connectivity index (χ0n) is 16.5. The standard InChI is InChI=1S/C21H23ClN2O6/c1-2-28-21(27)30-18-8-4-15(5-9-18)20(26)24-13-3-12-23-19(25)14-29-17-10-6-16(22)7-11-17/h4-11H,2-3,12-14H2,1H3,(H,23,25)(H,24,26). The van der Waals surface area contributed by atoms with Gasteiger partial charge in [-0.2, -0.15) is 0 Å². The second-order valence-electron chi connectivity index (χ2n) is 6.01. The maximum absolute atomic E-state index is 12.1. The smallest absolute Gasteiger partial charge is 0.484 e. The van der Waals surface area contributed by atoms with Gasteiger partial charge in [-0.25, -0.2) is 4.79 Å². The highest BCUT2D eigenvalue weighted by Crippen LogP contribution is 2.15. The minimum Gasteiger partial charge on any atom is -0.484 e. The lowest BCUT2D eigenvalue weighted by molar-refractivity contribution is -0.123. The minimum atomic E-state index is -0.796. The SMILES string of the molecule is CCOC(=O)Oc1ccc(C(=O)NCCCNC(=O)COc2ccc(Cl)cc2)cc1. The van der Waals surface area contributed by atoms with Crippen LogP contribution in [0.4, 0.5) is 4.79 Å². The number of carbonyl (C=O) groups excluding carboxylic acids is 3. The summed E-state index contributed by atoms with van der Waals surface area (Å²) in [7, 11) is 0. The van der Waals surface area contributed by atoms with Gasteiger partial charge in [-0.05, 0) is 61.9 Å². The van der Waals surface area contributed by atoms with Crippen LogP contribution in [0.1, 0.15) is 23.7 Å². The first kappa shape index (κ1) is 23.0. The third kappa shape index (κ3) is 8.40. The van der Waals surface area contributed by atoms with Crippen LogP contribution in [0.2, 0.25) is 5.02 Å². The van der Waals surface area contributed by atoms with Gasteiger partial charge in [0.2, 0.25) is 0 Å². The van der Waals surface area contributed by atoms with Crippen LogP contribution in [0.25, 0.3) is 0 Å². The second kappa shape index (κ2) is 12.3. The van der Waals surface area contributed by atoms with Crippen LogP contribution >= 0.6 is 11.6 Å². The Hall–Kier alpha value is -3.26. The molecule has 30 heavy (non-hydrogen) atoms. The van der Waals surface area contributed by atoms with Gasteiger partial charge in [-0.3, -0.25) is 9.59 Å². The maximum atomic E-state index is 12.1. The molecule has 160 valence electrons. The Morgan fingerprint density at radius 2 is 1.53 bits per heavy atom. The van der Waals surface area contributed by atoms with Crippen LogP contribution in [0.15, 0.2) is 48.5 Å². The predicted molar refractivity (Wildman–Crippen MR) is 111 cm³/mol. The number of nitrogens with one attached hydrogen (secondary N) is 2. The molecular weight excluding hydrogens is 412 g/mol. The number of rotatable bonds is 10. The van der Waals surface area contributed by atoms with Crippen LogP contribution < -0.4 is 20.1 Å². The Bertz CT molecular complexity index is 840. The van der Waals surface area contributed by atoms with Crippen molar-refractivity contribution in [1.29, 1.82) is 0 Å². The van der Waals surface area contributed by atoms with E-state index in [1.807, 2.05) is 0 Å². The molecule has 2 N–H and O–H groups in total. The molecule has 0 saturated carbocycles. The van der Waals surface area contributed by atoms with Crippen LogP contribution in [-0.2, 0) is 9.53 Å². The molecule has 0 aliphatic rings. The zero-order chi connectivity index (χ0) is 21.8. The maximum Gasteiger partial charge on any atom is 0.513 e. The summed E-state index contributed by atoms with van der Waals surface area (Å²) in [6.07, 6.45) is -0.238. The van der Waals surface area contributed by atoms with E-state index in [9.17, 15) is 14.4 Å². The molecule has 0 radical (unpaired) electrons. The van der Waals surface area contributed by atoms with Gasteiger partial charge in [-0.1, -0.05) is 11.6 Å². The quantitative estimate of drug-likeness (QED) is 0.338. The molecule has 2 aromatic rings. The van der Waals surface area contributed by atoms with E-state index in [-0.39, 0.29) is 30.8 Å². The molecule has 9 heteroatoms. The van der Waals surface area contributed by atoms with E-state index in [0.29, 0.717) is 35.8 Å². The van der Waals surface area contributed by atoms with Gasteiger partial charge < -0.3 is 24.8 Å². The van der Waals surface area contributed by atoms with E-state index < -0.39 is 6.16 Å². The summed E-state index contributed by atoms with van der Waals surface area (Å²) in [5, 5.41) is 6.05. The van der Waals surface area contributed by atoms with Crippen molar-refractivity contribution in [3.63, 3.8) is 0 Å².